The minimum Gasteiger partial charge on any atom is -0.481 e. The number of benzene rings is 1. The van der Waals surface area contributed by atoms with Crippen molar-refractivity contribution in [3.05, 3.63) is 35.9 Å². The first kappa shape index (κ1) is 16.5. The molecule has 2 rings (SSSR count). The fraction of sp³-hybridized carbons (Fsp3) is 0.556. The minimum atomic E-state index is -0.845. The van der Waals surface area contributed by atoms with Gasteiger partial charge in [0.25, 0.3) is 0 Å². The van der Waals surface area contributed by atoms with Crippen LogP contribution in [0, 0.1) is 11.8 Å². The number of hydrogen-bond donors (Lipinski definition) is 2. The molecule has 4 heteroatoms. The van der Waals surface area contributed by atoms with Gasteiger partial charge in [0, 0.05) is 6.04 Å². The van der Waals surface area contributed by atoms with Crippen molar-refractivity contribution in [3.8, 4) is 0 Å². The van der Waals surface area contributed by atoms with Crippen LogP contribution in [-0.2, 0) is 16.0 Å². The van der Waals surface area contributed by atoms with E-state index in [0.717, 1.165) is 25.7 Å². The van der Waals surface area contributed by atoms with Crippen molar-refractivity contribution in [1.29, 1.82) is 0 Å². The molecule has 0 spiro atoms. The zero-order valence-corrected chi connectivity index (χ0v) is 13.1. The lowest BCUT2D eigenvalue weighted by Crippen LogP contribution is -2.47. The molecule has 0 heterocycles. The maximum Gasteiger partial charge on any atom is 0.307 e. The number of aliphatic carboxylic acids is 1. The van der Waals surface area contributed by atoms with E-state index in [9.17, 15) is 9.59 Å². The maximum atomic E-state index is 12.3. The average Bonchev–Trinajstić information content (AvgIpc) is 2.44. The zero-order valence-electron chi connectivity index (χ0n) is 13.1. The summed E-state index contributed by atoms with van der Waals surface area (Å²) in [6, 6.07) is 10.4. The summed E-state index contributed by atoms with van der Waals surface area (Å²) in [6.07, 6.45) is 5.08. The molecule has 120 valence electrons. The summed E-state index contributed by atoms with van der Waals surface area (Å²) in [5.41, 5.74) is 1.27. The first-order valence-corrected chi connectivity index (χ1v) is 8.19. The van der Waals surface area contributed by atoms with Crippen LogP contribution in [0.3, 0.4) is 0 Å². The highest BCUT2D eigenvalue weighted by Gasteiger charge is 2.41. The second kappa shape index (κ2) is 7.97. The van der Waals surface area contributed by atoms with Gasteiger partial charge in [-0.25, -0.2) is 0 Å². The number of amides is 1. The molecule has 22 heavy (non-hydrogen) atoms. The summed E-state index contributed by atoms with van der Waals surface area (Å²) >= 11 is 0. The number of hydrogen-bond acceptors (Lipinski definition) is 2. The Kier molecular flexibility index (Phi) is 5.99. The van der Waals surface area contributed by atoms with Crippen LogP contribution in [0.2, 0.25) is 0 Å². The van der Waals surface area contributed by atoms with Crippen molar-refractivity contribution in [2.24, 2.45) is 11.8 Å². The lowest BCUT2D eigenvalue weighted by atomic mass is 9.73. The highest BCUT2D eigenvalue weighted by atomic mass is 16.4. The maximum absolute atomic E-state index is 12.3. The number of carboxylic acid groups (broad SMARTS) is 1. The molecule has 1 aromatic rings. The molecule has 2 N–H and O–H groups in total. The monoisotopic (exact) mass is 303 g/mol. The van der Waals surface area contributed by atoms with Crippen LogP contribution in [0.5, 0.6) is 0 Å². The Hall–Kier alpha value is -1.84. The van der Waals surface area contributed by atoms with Gasteiger partial charge in [-0.05, 0) is 37.7 Å². The third-order valence-corrected chi connectivity index (χ3v) is 4.54. The summed E-state index contributed by atoms with van der Waals surface area (Å²) in [5.74, 6) is -1.75. The Morgan fingerprint density at radius 1 is 1.18 bits per heavy atom. The molecule has 1 saturated carbocycles. The SMILES string of the molecule is CCCC(CCc1ccccc1)NC(=O)C1CCC1C(=O)O. The molecule has 0 radical (unpaired) electrons. The van der Waals surface area contributed by atoms with Crippen LogP contribution in [-0.4, -0.2) is 23.0 Å². The molecule has 1 aliphatic carbocycles. The van der Waals surface area contributed by atoms with Gasteiger partial charge in [-0.1, -0.05) is 43.7 Å². The number of aryl methyl sites for hydroxylation is 1. The molecular formula is C18H25NO3. The summed E-state index contributed by atoms with van der Waals surface area (Å²) in [5, 5.41) is 12.1. The molecule has 0 aliphatic heterocycles. The number of carboxylic acids is 1. The van der Waals surface area contributed by atoms with E-state index in [1.807, 2.05) is 18.2 Å². The van der Waals surface area contributed by atoms with Gasteiger partial charge in [-0.15, -0.1) is 0 Å². The van der Waals surface area contributed by atoms with Crippen molar-refractivity contribution in [2.75, 3.05) is 0 Å². The normalized spacial score (nSPS) is 21.7. The Balaban J connectivity index is 1.85. The Morgan fingerprint density at radius 2 is 1.86 bits per heavy atom. The predicted molar refractivity (Wildman–Crippen MR) is 85.5 cm³/mol. The van der Waals surface area contributed by atoms with Gasteiger partial charge < -0.3 is 10.4 Å². The van der Waals surface area contributed by atoms with E-state index in [0.29, 0.717) is 12.8 Å². The van der Waals surface area contributed by atoms with Crippen molar-refractivity contribution < 1.29 is 14.7 Å². The fourth-order valence-corrected chi connectivity index (χ4v) is 3.04. The minimum absolute atomic E-state index is 0.0786. The number of rotatable bonds is 8. The summed E-state index contributed by atoms with van der Waals surface area (Å²) in [7, 11) is 0. The van der Waals surface area contributed by atoms with Gasteiger partial charge >= 0.3 is 5.97 Å². The van der Waals surface area contributed by atoms with Gasteiger partial charge in [0.2, 0.25) is 5.91 Å². The highest BCUT2D eigenvalue weighted by Crippen LogP contribution is 2.34. The second-order valence-electron chi connectivity index (χ2n) is 6.15. The topological polar surface area (TPSA) is 66.4 Å². The predicted octanol–water partition coefficient (Wildman–Crippen LogP) is 3.01. The lowest BCUT2D eigenvalue weighted by molar-refractivity contribution is -0.153. The molecule has 1 aromatic carbocycles. The molecule has 1 fully saturated rings. The zero-order chi connectivity index (χ0) is 15.9. The van der Waals surface area contributed by atoms with Crippen LogP contribution in [0.25, 0.3) is 0 Å². The van der Waals surface area contributed by atoms with Gasteiger partial charge in [-0.3, -0.25) is 9.59 Å². The van der Waals surface area contributed by atoms with E-state index in [2.05, 4.69) is 24.4 Å². The molecule has 0 bridgehead atoms. The van der Waals surface area contributed by atoms with E-state index in [1.165, 1.54) is 5.56 Å². The van der Waals surface area contributed by atoms with Crippen LogP contribution in [0.4, 0.5) is 0 Å². The van der Waals surface area contributed by atoms with E-state index >= 15 is 0 Å². The quantitative estimate of drug-likeness (QED) is 0.776. The average molecular weight is 303 g/mol. The molecular weight excluding hydrogens is 278 g/mol. The van der Waals surface area contributed by atoms with E-state index in [4.69, 9.17) is 5.11 Å². The van der Waals surface area contributed by atoms with Crippen LogP contribution < -0.4 is 5.32 Å². The standard InChI is InChI=1S/C18H25NO3/c1-2-6-14(10-9-13-7-4-3-5-8-13)19-17(20)15-11-12-16(15)18(21)22/h3-5,7-8,14-16H,2,6,9-12H2,1H3,(H,19,20)(H,21,22). The number of carbonyl (C=O) groups is 2. The smallest absolute Gasteiger partial charge is 0.307 e. The van der Waals surface area contributed by atoms with Crippen molar-refractivity contribution in [1.82, 2.24) is 5.32 Å². The summed E-state index contributed by atoms with van der Waals surface area (Å²) in [4.78, 5) is 23.3. The van der Waals surface area contributed by atoms with Crippen LogP contribution >= 0.6 is 0 Å². The van der Waals surface area contributed by atoms with Gasteiger partial charge in [0.1, 0.15) is 0 Å². The summed E-state index contributed by atoms with van der Waals surface area (Å²) < 4.78 is 0. The largest absolute Gasteiger partial charge is 0.481 e. The van der Waals surface area contributed by atoms with Crippen molar-refractivity contribution in [3.63, 3.8) is 0 Å². The highest BCUT2D eigenvalue weighted by molar-refractivity contribution is 5.86. The fourth-order valence-electron chi connectivity index (χ4n) is 3.04. The summed E-state index contributed by atoms with van der Waals surface area (Å²) in [6.45, 7) is 2.10. The Bertz CT molecular complexity index is 500. The first-order chi connectivity index (χ1) is 10.6. The first-order valence-electron chi connectivity index (χ1n) is 8.19. The molecule has 3 atom stereocenters. The second-order valence-corrected chi connectivity index (χ2v) is 6.15. The molecule has 4 nitrogen and oxygen atoms in total. The van der Waals surface area contributed by atoms with E-state index < -0.39 is 11.9 Å². The number of carbonyl (C=O) groups excluding carboxylic acids is 1. The van der Waals surface area contributed by atoms with Crippen molar-refractivity contribution in [2.45, 2.75) is 51.5 Å². The van der Waals surface area contributed by atoms with Gasteiger partial charge in [0.05, 0.1) is 11.8 Å². The Labute approximate surface area is 131 Å². The molecule has 0 aromatic heterocycles. The van der Waals surface area contributed by atoms with E-state index in [1.54, 1.807) is 0 Å². The molecule has 3 unspecified atom stereocenters. The van der Waals surface area contributed by atoms with Crippen LogP contribution in [0.1, 0.15) is 44.6 Å². The molecule has 0 saturated heterocycles. The van der Waals surface area contributed by atoms with Crippen molar-refractivity contribution >= 4 is 11.9 Å². The molecule has 1 amide bonds. The molecule has 1 aliphatic rings. The Morgan fingerprint density at radius 3 is 2.41 bits per heavy atom. The van der Waals surface area contributed by atoms with Gasteiger partial charge in [-0.2, -0.15) is 0 Å². The van der Waals surface area contributed by atoms with Gasteiger partial charge in [0.15, 0.2) is 0 Å². The third kappa shape index (κ3) is 4.33. The van der Waals surface area contributed by atoms with Crippen LogP contribution in [0.15, 0.2) is 30.3 Å². The lowest BCUT2D eigenvalue weighted by Gasteiger charge is -2.33. The number of nitrogens with one attached hydrogen (secondary N) is 1. The third-order valence-electron chi connectivity index (χ3n) is 4.54. The van der Waals surface area contributed by atoms with E-state index in [-0.39, 0.29) is 17.9 Å².